The monoisotopic (exact) mass is 183 g/mol. The van der Waals surface area contributed by atoms with E-state index in [-0.39, 0.29) is 12.5 Å². The summed E-state index contributed by atoms with van der Waals surface area (Å²) in [4.78, 5) is 10.4. The third kappa shape index (κ3) is 3.29. The van der Waals surface area contributed by atoms with Crippen LogP contribution in [0.5, 0.6) is 0 Å². The number of hydrogen-bond acceptors (Lipinski definition) is 2. The molecule has 1 unspecified atom stereocenters. The van der Waals surface area contributed by atoms with Gasteiger partial charge in [-0.05, 0) is 12.1 Å². The summed E-state index contributed by atoms with van der Waals surface area (Å²) in [5.74, 6) is -0.834. The molecule has 0 fully saturated rings. The molecule has 0 bridgehead atoms. The zero-order chi connectivity index (χ0) is 9.68. The molecule has 0 saturated carbocycles. The van der Waals surface area contributed by atoms with Crippen molar-refractivity contribution in [2.45, 2.75) is 19.1 Å². The maximum Gasteiger partial charge on any atom is 0.306 e. The fourth-order valence-corrected chi connectivity index (χ4v) is 1.14. The van der Waals surface area contributed by atoms with E-state index in [1.54, 1.807) is 0 Å². The molecule has 0 aromatic carbocycles. The van der Waals surface area contributed by atoms with Gasteiger partial charge in [0.25, 0.3) is 0 Å². The lowest BCUT2D eigenvalue weighted by molar-refractivity contribution is -0.139. The molecule has 1 heterocycles. The second-order valence-electron chi connectivity index (χ2n) is 2.84. The van der Waals surface area contributed by atoms with Crippen LogP contribution in [0.4, 0.5) is 0 Å². The van der Waals surface area contributed by atoms with Crippen LogP contribution in [-0.2, 0) is 16.1 Å². The Morgan fingerprint density at radius 2 is 2.15 bits per heavy atom. The number of carbonyl (C=O) groups is 1. The molecule has 0 aliphatic carbocycles. The van der Waals surface area contributed by atoms with Crippen LogP contribution in [0.2, 0.25) is 0 Å². The maximum absolute atomic E-state index is 10.4. The quantitative estimate of drug-likeness (QED) is 0.740. The molecular formula is C9H13NO3. The van der Waals surface area contributed by atoms with Crippen LogP contribution in [0, 0.1) is 0 Å². The van der Waals surface area contributed by atoms with Crippen molar-refractivity contribution in [1.82, 2.24) is 4.57 Å². The summed E-state index contributed by atoms with van der Waals surface area (Å²) in [5.41, 5.74) is 0. The highest BCUT2D eigenvalue weighted by Crippen LogP contribution is 2.02. The fourth-order valence-electron chi connectivity index (χ4n) is 1.14. The number of ether oxygens (including phenoxy) is 1. The van der Waals surface area contributed by atoms with Crippen molar-refractivity contribution in [3.63, 3.8) is 0 Å². The van der Waals surface area contributed by atoms with E-state index in [4.69, 9.17) is 9.84 Å². The van der Waals surface area contributed by atoms with Crippen molar-refractivity contribution in [2.24, 2.45) is 0 Å². The Morgan fingerprint density at radius 3 is 2.62 bits per heavy atom. The first-order chi connectivity index (χ1) is 6.22. The summed E-state index contributed by atoms with van der Waals surface area (Å²) >= 11 is 0. The molecule has 1 atom stereocenters. The molecule has 1 aromatic rings. The van der Waals surface area contributed by atoms with Crippen LogP contribution < -0.4 is 0 Å². The standard InChI is InChI=1S/C9H13NO3/c1-13-8(6-9(11)12)7-10-4-2-3-5-10/h2-5,8H,6-7H2,1H3,(H,11,12). The van der Waals surface area contributed by atoms with Crippen LogP contribution in [0.3, 0.4) is 0 Å². The van der Waals surface area contributed by atoms with Crippen molar-refractivity contribution in [2.75, 3.05) is 7.11 Å². The maximum atomic E-state index is 10.4. The highest BCUT2D eigenvalue weighted by molar-refractivity contribution is 5.67. The summed E-state index contributed by atoms with van der Waals surface area (Å²) in [6.45, 7) is 0.579. The largest absolute Gasteiger partial charge is 0.481 e. The van der Waals surface area contributed by atoms with Crippen molar-refractivity contribution in [1.29, 1.82) is 0 Å². The molecule has 13 heavy (non-hydrogen) atoms. The SMILES string of the molecule is COC(CC(=O)O)Cn1cccc1. The van der Waals surface area contributed by atoms with E-state index in [0.717, 1.165) is 0 Å². The first-order valence-electron chi connectivity index (χ1n) is 4.07. The van der Waals surface area contributed by atoms with Crippen LogP contribution in [0.15, 0.2) is 24.5 Å². The number of hydrogen-bond donors (Lipinski definition) is 1. The van der Waals surface area contributed by atoms with Crippen molar-refractivity contribution >= 4 is 5.97 Å². The van der Waals surface area contributed by atoms with E-state index in [2.05, 4.69) is 0 Å². The van der Waals surface area contributed by atoms with Crippen LogP contribution in [0.25, 0.3) is 0 Å². The number of nitrogens with zero attached hydrogens (tertiary/aromatic N) is 1. The molecule has 4 nitrogen and oxygen atoms in total. The van der Waals surface area contributed by atoms with Gasteiger partial charge in [-0.2, -0.15) is 0 Å². The normalized spacial score (nSPS) is 12.7. The minimum atomic E-state index is -0.834. The van der Waals surface area contributed by atoms with Crippen LogP contribution >= 0.6 is 0 Å². The van der Waals surface area contributed by atoms with Gasteiger partial charge in [0, 0.05) is 26.0 Å². The first kappa shape index (κ1) is 9.80. The number of aromatic nitrogens is 1. The molecule has 4 heteroatoms. The summed E-state index contributed by atoms with van der Waals surface area (Å²) in [7, 11) is 1.52. The fraction of sp³-hybridized carbons (Fsp3) is 0.444. The molecule has 1 rings (SSSR count). The summed E-state index contributed by atoms with van der Waals surface area (Å²) in [6.07, 6.45) is 3.54. The summed E-state index contributed by atoms with van der Waals surface area (Å²) < 4.78 is 6.93. The van der Waals surface area contributed by atoms with Gasteiger partial charge < -0.3 is 14.4 Å². The number of aliphatic carboxylic acids is 1. The number of carboxylic acid groups (broad SMARTS) is 1. The van der Waals surface area contributed by atoms with Gasteiger partial charge in [-0.1, -0.05) is 0 Å². The molecule has 72 valence electrons. The summed E-state index contributed by atoms with van der Waals surface area (Å²) in [5, 5.41) is 8.55. The zero-order valence-electron chi connectivity index (χ0n) is 7.51. The Labute approximate surface area is 76.7 Å². The van der Waals surface area contributed by atoms with E-state index >= 15 is 0 Å². The highest BCUT2D eigenvalue weighted by atomic mass is 16.5. The Bertz CT molecular complexity index is 256. The summed E-state index contributed by atoms with van der Waals surface area (Å²) in [6, 6.07) is 3.79. The van der Waals surface area contributed by atoms with Crippen molar-refractivity contribution in [3.05, 3.63) is 24.5 Å². The molecule has 0 saturated heterocycles. The molecule has 0 aliphatic rings. The van der Waals surface area contributed by atoms with Gasteiger partial charge in [-0.25, -0.2) is 0 Å². The van der Waals surface area contributed by atoms with E-state index in [0.29, 0.717) is 6.54 Å². The van der Waals surface area contributed by atoms with Crippen LogP contribution in [-0.4, -0.2) is 28.9 Å². The van der Waals surface area contributed by atoms with E-state index in [9.17, 15) is 4.79 Å². The smallest absolute Gasteiger partial charge is 0.306 e. The third-order valence-electron chi connectivity index (χ3n) is 1.82. The minimum Gasteiger partial charge on any atom is -0.481 e. The second kappa shape index (κ2) is 4.67. The van der Waals surface area contributed by atoms with Crippen molar-refractivity contribution < 1.29 is 14.6 Å². The lowest BCUT2D eigenvalue weighted by atomic mass is 10.2. The van der Waals surface area contributed by atoms with Crippen molar-refractivity contribution in [3.8, 4) is 0 Å². The van der Waals surface area contributed by atoms with Gasteiger partial charge in [0.2, 0.25) is 0 Å². The molecule has 0 spiro atoms. The number of methoxy groups -OCH3 is 1. The predicted molar refractivity (Wildman–Crippen MR) is 47.5 cm³/mol. The molecular weight excluding hydrogens is 170 g/mol. The van der Waals surface area contributed by atoms with Gasteiger partial charge in [0.15, 0.2) is 0 Å². The van der Waals surface area contributed by atoms with E-state index in [1.165, 1.54) is 7.11 Å². The van der Waals surface area contributed by atoms with Gasteiger partial charge in [0.1, 0.15) is 0 Å². The van der Waals surface area contributed by atoms with Gasteiger partial charge in [0.05, 0.1) is 12.5 Å². The van der Waals surface area contributed by atoms with Gasteiger partial charge >= 0.3 is 5.97 Å². The second-order valence-corrected chi connectivity index (χ2v) is 2.84. The average molecular weight is 183 g/mol. The Kier molecular flexibility index (Phi) is 3.52. The zero-order valence-corrected chi connectivity index (χ0v) is 7.51. The predicted octanol–water partition coefficient (Wildman–Crippen LogP) is 0.978. The minimum absolute atomic E-state index is 0.0364. The number of carboxylic acids is 1. The average Bonchev–Trinajstić information content (AvgIpc) is 2.55. The van der Waals surface area contributed by atoms with Gasteiger partial charge in [-0.15, -0.1) is 0 Å². The molecule has 1 N–H and O–H groups in total. The molecule has 1 aromatic heterocycles. The van der Waals surface area contributed by atoms with E-state index in [1.807, 2.05) is 29.1 Å². The Hall–Kier alpha value is -1.29. The van der Waals surface area contributed by atoms with Gasteiger partial charge in [-0.3, -0.25) is 4.79 Å². The Balaban J connectivity index is 2.45. The third-order valence-corrected chi connectivity index (χ3v) is 1.82. The topological polar surface area (TPSA) is 51.5 Å². The molecule has 0 aliphatic heterocycles. The van der Waals surface area contributed by atoms with Crippen LogP contribution in [0.1, 0.15) is 6.42 Å². The lowest BCUT2D eigenvalue weighted by Gasteiger charge is -2.13. The Morgan fingerprint density at radius 1 is 1.54 bits per heavy atom. The number of rotatable bonds is 5. The van der Waals surface area contributed by atoms with E-state index < -0.39 is 5.97 Å². The highest BCUT2D eigenvalue weighted by Gasteiger charge is 2.11. The molecule has 0 radical (unpaired) electrons. The molecule has 0 amide bonds. The lowest BCUT2D eigenvalue weighted by Crippen LogP contribution is -2.21. The first-order valence-corrected chi connectivity index (χ1v) is 4.07.